The van der Waals surface area contributed by atoms with E-state index in [1.54, 1.807) is 0 Å². The molecule has 0 aromatic heterocycles. The number of ether oxygens (including phenoxy) is 4. The number of likely N-dealkylation sites (N-methyl/N-ethyl adjacent to an activating group) is 1. The molecule has 1 N–H and O–H groups in total. The summed E-state index contributed by atoms with van der Waals surface area (Å²) < 4.78 is 22.9. The minimum Gasteiger partial charge on any atom is -0.477 e. The number of quaternary nitrogens is 1. The van der Waals surface area contributed by atoms with E-state index in [1.807, 2.05) is 21.1 Å². The molecule has 0 amide bonds. The van der Waals surface area contributed by atoms with Crippen LogP contribution in [0.2, 0.25) is 0 Å². The number of allylic oxidation sites excluding steroid dienone is 14. The average molecular weight is 1020 g/mol. The fourth-order valence-electron chi connectivity index (χ4n) is 8.07. The topological polar surface area (TPSA) is 108 Å². The Morgan fingerprint density at radius 2 is 0.781 bits per heavy atom. The van der Waals surface area contributed by atoms with Crippen LogP contribution in [0.1, 0.15) is 245 Å². The van der Waals surface area contributed by atoms with Crippen molar-refractivity contribution in [3.05, 3.63) is 85.1 Å². The fourth-order valence-corrected chi connectivity index (χ4v) is 8.07. The lowest BCUT2D eigenvalue weighted by Crippen LogP contribution is -2.40. The number of nitrogens with zero attached hydrogens (tertiary/aromatic N) is 1. The van der Waals surface area contributed by atoms with E-state index in [9.17, 15) is 19.5 Å². The summed E-state index contributed by atoms with van der Waals surface area (Å²) in [6.45, 7) is 4.75. The van der Waals surface area contributed by atoms with E-state index in [1.165, 1.54) is 128 Å². The van der Waals surface area contributed by atoms with Gasteiger partial charge >= 0.3 is 17.9 Å². The summed E-state index contributed by atoms with van der Waals surface area (Å²) in [7, 11) is 5.96. The molecule has 420 valence electrons. The molecule has 0 aliphatic carbocycles. The van der Waals surface area contributed by atoms with Crippen LogP contribution in [0.5, 0.6) is 0 Å². The molecule has 0 heterocycles. The lowest BCUT2D eigenvalue weighted by molar-refractivity contribution is -0.870. The molecule has 0 spiro atoms. The summed E-state index contributed by atoms with van der Waals surface area (Å²) in [6.07, 6.45) is 69.4. The van der Waals surface area contributed by atoms with Crippen LogP contribution in [-0.2, 0) is 33.3 Å². The first-order valence-electron chi connectivity index (χ1n) is 29.8. The molecule has 0 radical (unpaired) electrons. The quantitative estimate of drug-likeness (QED) is 0.0211. The Morgan fingerprint density at radius 1 is 0.425 bits per heavy atom. The summed E-state index contributed by atoms with van der Waals surface area (Å²) in [5.41, 5.74) is 0. The molecule has 0 aliphatic rings. The highest BCUT2D eigenvalue weighted by Gasteiger charge is 2.25. The van der Waals surface area contributed by atoms with Gasteiger partial charge in [-0.2, -0.15) is 0 Å². The van der Waals surface area contributed by atoms with E-state index in [0.717, 1.165) is 83.5 Å². The van der Waals surface area contributed by atoms with Crippen molar-refractivity contribution in [3.8, 4) is 0 Å². The molecule has 2 atom stereocenters. The lowest BCUT2D eigenvalue weighted by Gasteiger charge is -2.25. The third-order valence-electron chi connectivity index (χ3n) is 12.6. The Bertz CT molecular complexity index is 1470. The first-order chi connectivity index (χ1) is 35.6. The van der Waals surface area contributed by atoms with Crippen molar-refractivity contribution in [2.24, 2.45) is 0 Å². The smallest absolute Gasteiger partial charge is 0.361 e. The number of hydrogen-bond donors (Lipinski definition) is 1. The molecule has 9 heteroatoms. The number of hydrogen-bond acceptors (Lipinski definition) is 7. The predicted octanol–water partition coefficient (Wildman–Crippen LogP) is 17.6. The second-order valence-electron chi connectivity index (χ2n) is 20.9. The number of carbonyl (C=O) groups is 3. The van der Waals surface area contributed by atoms with Crippen LogP contribution in [-0.4, -0.2) is 87.4 Å². The van der Waals surface area contributed by atoms with Gasteiger partial charge in [0.05, 0.1) is 34.4 Å². The van der Waals surface area contributed by atoms with Gasteiger partial charge in [0.25, 0.3) is 6.29 Å². The van der Waals surface area contributed by atoms with Crippen LogP contribution in [0, 0.1) is 0 Å². The SMILES string of the molecule is CC/C=C\C/C=C\C/C=C\C/C=C\CCCCCCCCCCCCC(=O)OC(COC(=O)CCCCCCCCCCCC/C=C\C/C=C\C/C=C\CCCCCCC)COC(OCC[N+](C)(C)C)C(=O)O. The largest absolute Gasteiger partial charge is 0.477 e. The van der Waals surface area contributed by atoms with E-state index in [0.29, 0.717) is 23.9 Å². The van der Waals surface area contributed by atoms with Crippen LogP contribution in [0.15, 0.2) is 85.1 Å². The molecule has 0 saturated carbocycles. The van der Waals surface area contributed by atoms with Gasteiger partial charge in [-0.25, -0.2) is 4.79 Å². The minimum atomic E-state index is -1.52. The van der Waals surface area contributed by atoms with Gasteiger partial charge in [-0.1, -0.05) is 227 Å². The maximum Gasteiger partial charge on any atom is 0.361 e. The third kappa shape index (κ3) is 56.0. The van der Waals surface area contributed by atoms with E-state index in [4.69, 9.17) is 18.9 Å². The highest BCUT2D eigenvalue weighted by Crippen LogP contribution is 2.16. The van der Waals surface area contributed by atoms with E-state index in [-0.39, 0.29) is 32.2 Å². The van der Waals surface area contributed by atoms with Crippen molar-refractivity contribution in [1.29, 1.82) is 0 Å². The number of carboxylic acids is 1. The Balaban J connectivity index is 4.26. The summed E-state index contributed by atoms with van der Waals surface area (Å²) in [5, 5.41) is 9.71. The molecule has 0 fully saturated rings. The van der Waals surface area contributed by atoms with Gasteiger partial charge in [-0.05, 0) is 89.9 Å². The normalized spacial score (nSPS) is 13.4. The van der Waals surface area contributed by atoms with Crippen molar-refractivity contribution in [2.45, 2.75) is 257 Å². The molecule has 0 rings (SSSR count). The molecule has 2 unspecified atom stereocenters. The summed E-state index contributed by atoms with van der Waals surface area (Å²) in [4.78, 5) is 37.5. The number of carboxylic acid groups (broad SMARTS) is 1. The number of rotatable bonds is 54. The maximum atomic E-state index is 12.9. The van der Waals surface area contributed by atoms with Crippen LogP contribution < -0.4 is 0 Å². The summed E-state index contributed by atoms with van der Waals surface area (Å²) >= 11 is 0. The minimum absolute atomic E-state index is 0.183. The number of esters is 2. The Kier molecular flexibility index (Phi) is 52.1. The van der Waals surface area contributed by atoms with Gasteiger partial charge in [-0.3, -0.25) is 9.59 Å². The first-order valence-corrected chi connectivity index (χ1v) is 29.8. The van der Waals surface area contributed by atoms with Crippen LogP contribution >= 0.6 is 0 Å². The van der Waals surface area contributed by atoms with Gasteiger partial charge in [-0.15, -0.1) is 0 Å². The monoisotopic (exact) mass is 1020 g/mol. The van der Waals surface area contributed by atoms with Crippen molar-refractivity contribution in [2.75, 3.05) is 47.5 Å². The average Bonchev–Trinajstić information content (AvgIpc) is 3.36. The zero-order valence-electron chi connectivity index (χ0n) is 47.8. The predicted molar refractivity (Wildman–Crippen MR) is 309 cm³/mol. The molecule has 0 saturated heterocycles. The van der Waals surface area contributed by atoms with Crippen LogP contribution in [0.3, 0.4) is 0 Å². The third-order valence-corrected chi connectivity index (χ3v) is 12.6. The molecule has 73 heavy (non-hydrogen) atoms. The lowest BCUT2D eigenvalue weighted by atomic mass is 10.0. The van der Waals surface area contributed by atoms with Crippen molar-refractivity contribution >= 4 is 17.9 Å². The highest BCUT2D eigenvalue weighted by atomic mass is 16.7. The fraction of sp³-hybridized carbons (Fsp3) is 0.734. The van der Waals surface area contributed by atoms with Gasteiger partial charge in [0.1, 0.15) is 13.2 Å². The van der Waals surface area contributed by atoms with Gasteiger partial charge in [0.2, 0.25) is 0 Å². The Labute approximate surface area is 449 Å². The molecule has 9 nitrogen and oxygen atoms in total. The molecule has 0 bridgehead atoms. The van der Waals surface area contributed by atoms with Crippen LogP contribution in [0.25, 0.3) is 0 Å². The molecular formula is C64H112NO8+. The number of carbonyl (C=O) groups excluding carboxylic acids is 2. The zero-order valence-corrected chi connectivity index (χ0v) is 47.8. The van der Waals surface area contributed by atoms with E-state index < -0.39 is 24.3 Å². The summed E-state index contributed by atoms with van der Waals surface area (Å²) in [6, 6.07) is 0. The Hall–Kier alpha value is -3.53. The van der Waals surface area contributed by atoms with Gasteiger partial charge in [0, 0.05) is 12.8 Å². The molecule has 0 aliphatic heterocycles. The standard InChI is InChI=1S/C64H111NO8/c1-6-8-10-12-14-16-18-20-22-24-26-28-30-31-33-34-36-38-40-42-44-46-48-50-52-54-61(66)71-58-60(59-72-64(63(68)69)70-57-56-65(3,4)5)73-62(67)55-53-51-49-47-45-43-41-39-37-35-32-29-27-25-23-21-19-17-15-13-11-9-7-2/h9,11,15,17-18,20-21,23-24,26-27,29-31,60,64H,6-8,10,12-14,16,19,22,25,28,32-59H2,1-5H3/p+1/b11-9-,17-15-,20-18-,23-21-,26-24-,29-27-,31-30-. The maximum absolute atomic E-state index is 12.9. The molecule has 0 aromatic carbocycles. The number of aliphatic carboxylic acids is 1. The second kappa shape index (κ2) is 54.7. The van der Waals surface area contributed by atoms with Crippen molar-refractivity contribution in [1.82, 2.24) is 0 Å². The zero-order chi connectivity index (χ0) is 53.4. The van der Waals surface area contributed by atoms with E-state index >= 15 is 0 Å². The van der Waals surface area contributed by atoms with Crippen molar-refractivity contribution in [3.63, 3.8) is 0 Å². The number of unbranched alkanes of at least 4 members (excludes halogenated alkanes) is 25. The summed E-state index contributed by atoms with van der Waals surface area (Å²) in [5.74, 6) is -2.02. The van der Waals surface area contributed by atoms with Crippen LogP contribution in [0.4, 0.5) is 0 Å². The van der Waals surface area contributed by atoms with E-state index in [2.05, 4.69) is 98.9 Å². The molecular weight excluding hydrogens is 911 g/mol. The molecule has 0 aromatic rings. The first kappa shape index (κ1) is 69.5. The van der Waals surface area contributed by atoms with Crippen molar-refractivity contribution < 1.29 is 42.9 Å². The van der Waals surface area contributed by atoms with Gasteiger partial charge in [0.15, 0.2) is 6.10 Å². The highest BCUT2D eigenvalue weighted by molar-refractivity contribution is 5.71. The Morgan fingerprint density at radius 3 is 1.16 bits per heavy atom. The second-order valence-corrected chi connectivity index (χ2v) is 20.9. The van der Waals surface area contributed by atoms with Gasteiger partial charge < -0.3 is 28.5 Å².